The highest BCUT2D eigenvalue weighted by Crippen LogP contribution is 2.58. The Kier molecular flexibility index (Phi) is 2.92. The number of hydrogen-bond donors (Lipinski definition) is 2. The van der Waals surface area contributed by atoms with Gasteiger partial charge in [0.15, 0.2) is 9.84 Å². The first kappa shape index (κ1) is 13.3. The fourth-order valence-corrected chi connectivity index (χ4v) is 4.46. The van der Waals surface area contributed by atoms with Gasteiger partial charge >= 0.3 is 5.97 Å². The van der Waals surface area contributed by atoms with Gasteiger partial charge in [-0.05, 0) is 11.8 Å². The second-order valence-corrected chi connectivity index (χ2v) is 7.95. The average Bonchev–Trinajstić information content (AvgIpc) is 2.62. The highest BCUT2D eigenvalue weighted by molar-refractivity contribution is 7.91. The van der Waals surface area contributed by atoms with Crippen molar-refractivity contribution in [2.45, 2.75) is 26.3 Å². The van der Waals surface area contributed by atoms with Crippen molar-refractivity contribution in [2.75, 3.05) is 11.5 Å². The van der Waals surface area contributed by atoms with Crippen LogP contribution in [-0.4, -0.2) is 42.9 Å². The van der Waals surface area contributed by atoms with Gasteiger partial charge in [-0.15, -0.1) is 0 Å². The maximum Gasteiger partial charge on any atom is 0.307 e. The number of carboxylic acids is 1. The molecule has 3 atom stereocenters. The van der Waals surface area contributed by atoms with E-state index in [1.54, 1.807) is 13.8 Å². The lowest BCUT2D eigenvalue weighted by molar-refractivity contribution is -0.140. The van der Waals surface area contributed by atoms with Crippen LogP contribution < -0.4 is 5.32 Å². The maximum atomic E-state index is 11.9. The van der Waals surface area contributed by atoms with E-state index in [9.17, 15) is 18.0 Å². The SMILES string of the molecule is CC1(C)C(C(=O)O)C1C(=O)NC1CCS(=O)(=O)C1. The highest BCUT2D eigenvalue weighted by atomic mass is 32.2. The molecule has 0 aromatic carbocycles. The molecule has 2 fully saturated rings. The number of carbonyl (C=O) groups excluding carboxylic acids is 1. The monoisotopic (exact) mass is 275 g/mol. The summed E-state index contributed by atoms with van der Waals surface area (Å²) < 4.78 is 22.5. The van der Waals surface area contributed by atoms with Crippen molar-refractivity contribution in [2.24, 2.45) is 17.3 Å². The number of carboxylic acid groups (broad SMARTS) is 1. The van der Waals surface area contributed by atoms with Crippen molar-refractivity contribution in [3.63, 3.8) is 0 Å². The summed E-state index contributed by atoms with van der Waals surface area (Å²) in [5.74, 6) is -2.49. The van der Waals surface area contributed by atoms with Gasteiger partial charge in [0.05, 0.1) is 23.3 Å². The first-order chi connectivity index (χ1) is 8.15. The molecule has 1 heterocycles. The molecule has 0 bridgehead atoms. The first-order valence-corrected chi connectivity index (χ1v) is 7.71. The van der Waals surface area contributed by atoms with E-state index in [4.69, 9.17) is 5.11 Å². The predicted molar refractivity (Wildman–Crippen MR) is 63.6 cm³/mol. The number of aliphatic carboxylic acids is 1. The zero-order valence-corrected chi connectivity index (χ0v) is 11.2. The van der Waals surface area contributed by atoms with Gasteiger partial charge in [-0.1, -0.05) is 13.8 Å². The molecule has 1 aliphatic heterocycles. The molecular weight excluding hydrogens is 258 g/mol. The van der Waals surface area contributed by atoms with Gasteiger partial charge in [-0.3, -0.25) is 9.59 Å². The molecule has 2 aliphatic rings. The van der Waals surface area contributed by atoms with Crippen LogP contribution in [0.15, 0.2) is 0 Å². The van der Waals surface area contributed by atoms with Gasteiger partial charge in [0.1, 0.15) is 0 Å². The van der Waals surface area contributed by atoms with E-state index < -0.39 is 33.1 Å². The number of carbonyl (C=O) groups is 2. The van der Waals surface area contributed by atoms with Crippen LogP contribution in [-0.2, 0) is 19.4 Å². The summed E-state index contributed by atoms with van der Waals surface area (Å²) in [6.07, 6.45) is 0.416. The van der Waals surface area contributed by atoms with Crippen molar-refractivity contribution >= 4 is 21.7 Å². The Morgan fingerprint density at radius 1 is 1.28 bits per heavy atom. The van der Waals surface area contributed by atoms with Crippen LogP contribution in [0.3, 0.4) is 0 Å². The molecule has 18 heavy (non-hydrogen) atoms. The lowest BCUT2D eigenvalue weighted by Gasteiger charge is -2.11. The fraction of sp³-hybridized carbons (Fsp3) is 0.818. The van der Waals surface area contributed by atoms with E-state index in [-0.39, 0.29) is 23.5 Å². The van der Waals surface area contributed by atoms with Crippen LogP contribution in [0.4, 0.5) is 0 Å². The smallest absolute Gasteiger partial charge is 0.307 e. The Balaban J connectivity index is 1.97. The quantitative estimate of drug-likeness (QED) is 0.733. The van der Waals surface area contributed by atoms with E-state index in [0.717, 1.165) is 0 Å². The van der Waals surface area contributed by atoms with Gasteiger partial charge in [0, 0.05) is 6.04 Å². The Labute approximate surface area is 106 Å². The molecule has 1 saturated heterocycles. The summed E-state index contributed by atoms with van der Waals surface area (Å²) >= 11 is 0. The van der Waals surface area contributed by atoms with Crippen LogP contribution in [0.1, 0.15) is 20.3 Å². The standard InChI is InChI=1S/C11H17NO5S/c1-11(2)7(8(11)10(14)15)9(13)12-6-3-4-18(16,17)5-6/h6-8H,3-5H2,1-2H3,(H,12,13)(H,14,15). The van der Waals surface area contributed by atoms with Crippen LogP contribution in [0.5, 0.6) is 0 Å². The molecule has 102 valence electrons. The third-order valence-electron chi connectivity index (χ3n) is 3.95. The van der Waals surface area contributed by atoms with E-state index in [0.29, 0.717) is 6.42 Å². The fourth-order valence-electron chi connectivity index (χ4n) is 2.79. The second kappa shape index (κ2) is 3.94. The third-order valence-corrected chi connectivity index (χ3v) is 5.72. The zero-order valence-electron chi connectivity index (χ0n) is 10.3. The topological polar surface area (TPSA) is 101 Å². The molecule has 2 rings (SSSR count). The molecule has 2 N–H and O–H groups in total. The lowest BCUT2D eigenvalue weighted by atomic mass is 10.1. The molecule has 0 aromatic rings. The van der Waals surface area contributed by atoms with Gasteiger partial charge < -0.3 is 10.4 Å². The van der Waals surface area contributed by atoms with Gasteiger partial charge in [-0.2, -0.15) is 0 Å². The summed E-state index contributed by atoms with van der Waals surface area (Å²) in [5, 5.41) is 11.6. The van der Waals surface area contributed by atoms with Crippen LogP contribution in [0.25, 0.3) is 0 Å². The van der Waals surface area contributed by atoms with E-state index in [1.807, 2.05) is 0 Å². The molecular formula is C11H17NO5S. The van der Waals surface area contributed by atoms with Crippen LogP contribution in [0.2, 0.25) is 0 Å². The zero-order chi connectivity index (χ0) is 13.7. The summed E-state index contributed by atoms with van der Waals surface area (Å²) in [4.78, 5) is 22.9. The van der Waals surface area contributed by atoms with Crippen LogP contribution in [0, 0.1) is 17.3 Å². The molecule has 7 heteroatoms. The van der Waals surface area contributed by atoms with Crippen molar-refractivity contribution in [1.82, 2.24) is 5.32 Å². The number of rotatable bonds is 3. The second-order valence-electron chi connectivity index (χ2n) is 5.72. The molecule has 6 nitrogen and oxygen atoms in total. The molecule has 3 unspecified atom stereocenters. The predicted octanol–water partition coefficient (Wildman–Crippen LogP) is -0.353. The molecule has 1 saturated carbocycles. The van der Waals surface area contributed by atoms with E-state index >= 15 is 0 Å². The van der Waals surface area contributed by atoms with Crippen molar-refractivity contribution < 1.29 is 23.1 Å². The first-order valence-electron chi connectivity index (χ1n) is 5.89. The Morgan fingerprint density at radius 2 is 1.89 bits per heavy atom. The van der Waals surface area contributed by atoms with Crippen molar-refractivity contribution in [3.8, 4) is 0 Å². The highest BCUT2D eigenvalue weighted by Gasteiger charge is 2.66. The van der Waals surface area contributed by atoms with Crippen LogP contribution >= 0.6 is 0 Å². The summed E-state index contributed by atoms with van der Waals surface area (Å²) in [6, 6.07) is -0.367. The van der Waals surface area contributed by atoms with E-state index in [1.165, 1.54) is 0 Å². The molecule has 0 spiro atoms. The van der Waals surface area contributed by atoms with Crippen molar-refractivity contribution in [3.05, 3.63) is 0 Å². The Hall–Kier alpha value is -1.11. The average molecular weight is 275 g/mol. The minimum absolute atomic E-state index is 0.0381. The summed E-state index contributed by atoms with van der Waals surface area (Å²) in [5.41, 5.74) is -0.548. The Morgan fingerprint density at radius 3 is 2.28 bits per heavy atom. The number of sulfone groups is 1. The number of nitrogens with one attached hydrogen (secondary N) is 1. The van der Waals surface area contributed by atoms with Crippen molar-refractivity contribution in [1.29, 1.82) is 0 Å². The molecule has 0 aromatic heterocycles. The number of amides is 1. The van der Waals surface area contributed by atoms with E-state index in [2.05, 4.69) is 5.32 Å². The molecule has 1 amide bonds. The minimum Gasteiger partial charge on any atom is -0.481 e. The summed E-state index contributed by atoms with van der Waals surface area (Å²) in [6.45, 7) is 3.48. The summed E-state index contributed by atoms with van der Waals surface area (Å²) in [7, 11) is -3.04. The molecule has 0 radical (unpaired) electrons. The maximum absolute atomic E-state index is 11.9. The normalized spacial score (nSPS) is 36.0. The number of hydrogen-bond acceptors (Lipinski definition) is 4. The van der Waals surface area contributed by atoms with Gasteiger partial charge in [0.2, 0.25) is 5.91 Å². The lowest BCUT2D eigenvalue weighted by Crippen LogP contribution is -2.37. The van der Waals surface area contributed by atoms with Gasteiger partial charge in [0.25, 0.3) is 0 Å². The molecule has 1 aliphatic carbocycles. The largest absolute Gasteiger partial charge is 0.481 e. The minimum atomic E-state index is -3.04. The van der Waals surface area contributed by atoms with Gasteiger partial charge in [-0.25, -0.2) is 8.42 Å². The third kappa shape index (κ3) is 2.23. The Bertz CT molecular complexity index is 496.